The Labute approximate surface area is 188 Å². The predicted molar refractivity (Wildman–Crippen MR) is 135 cm³/mol. The molecule has 31 heavy (non-hydrogen) atoms. The minimum Gasteiger partial charge on any atom is -0.399 e. The summed E-state index contributed by atoms with van der Waals surface area (Å²) in [5.41, 5.74) is 18.7. The van der Waals surface area contributed by atoms with Gasteiger partial charge in [0.25, 0.3) is 0 Å². The summed E-state index contributed by atoms with van der Waals surface area (Å²) in [6.45, 7) is 12.6. The molecule has 170 valence electrons. The van der Waals surface area contributed by atoms with Crippen LogP contribution in [0.3, 0.4) is 0 Å². The van der Waals surface area contributed by atoms with Crippen molar-refractivity contribution < 1.29 is 4.48 Å². The maximum Gasteiger partial charge on any atom is 0.0909 e. The van der Waals surface area contributed by atoms with Gasteiger partial charge in [0, 0.05) is 68.6 Å². The zero-order valence-electron chi connectivity index (χ0n) is 20.1. The molecule has 0 amide bonds. The van der Waals surface area contributed by atoms with E-state index in [4.69, 9.17) is 11.5 Å². The van der Waals surface area contributed by atoms with E-state index in [-0.39, 0.29) is 0 Å². The van der Waals surface area contributed by atoms with Crippen LogP contribution in [0.1, 0.15) is 11.1 Å². The first kappa shape index (κ1) is 23.2. The van der Waals surface area contributed by atoms with Gasteiger partial charge in [-0.2, -0.15) is 0 Å². The summed E-state index contributed by atoms with van der Waals surface area (Å²) in [7, 11) is 6.80. The van der Waals surface area contributed by atoms with E-state index in [1.54, 1.807) is 0 Å². The second-order valence-corrected chi connectivity index (χ2v) is 9.91. The minimum absolute atomic E-state index is 0.858. The van der Waals surface area contributed by atoms with Crippen molar-refractivity contribution in [3.8, 4) is 0 Å². The van der Waals surface area contributed by atoms with Crippen LogP contribution in [0.5, 0.6) is 0 Å². The molecule has 1 aliphatic heterocycles. The first-order valence-corrected chi connectivity index (χ1v) is 11.4. The van der Waals surface area contributed by atoms with E-state index >= 15 is 0 Å². The number of quaternary nitrogens is 1. The summed E-state index contributed by atoms with van der Waals surface area (Å²) in [6, 6.07) is 12.8. The summed E-state index contributed by atoms with van der Waals surface area (Å²) in [4.78, 5) is 7.63. The molecule has 1 fully saturated rings. The third-order valence-electron chi connectivity index (χ3n) is 6.34. The number of rotatable bonds is 5. The Kier molecular flexibility index (Phi) is 7.34. The molecule has 0 saturated carbocycles. The van der Waals surface area contributed by atoms with Crippen molar-refractivity contribution in [2.24, 2.45) is 0 Å². The van der Waals surface area contributed by atoms with Crippen LogP contribution in [0.2, 0.25) is 0 Å². The van der Waals surface area contributed by atoms with Crippen molar-refractivity contribution in [3.05, 3.63) is 47.5 Å². The van der Waals surface area contributed by atoms with E-state index in [1.165, 1.54) is 11.4 Å². The lowest BCUT2D eigenvalue weighted by molar-refractivity contribution is -0.869. The maximum atomic E-state index is 6.08. The molecule has 2 aromatic carbocycles. The van der Waals surface area contributed by atoms with E-state index in [0.717, 1.165) is 79.3 Å². The number of hydrogen-bond donors (Lipinski definition) is 2. The lowest BCUT2D eigenvalue weighted by Gasteiger charge is -2.30. The standard InChI is InChI=1S/C25H41N6/c1-20-18-22(6-8-24(20)26)29-12-10-28(16-17-31(3,4)5)11-13-30(15-14-29)23-7-9-25(27)21(2)19-23/h6-9,18-19H,10-17,26-27H2,1-5H3/q+1. The molecule has 6 heteroatoms. The highest BCUT2D eigenvalue weighted by atomic mass is 15.3. The van der Waals surface area contributed by atoms with E-state index in [9.17, 15) is 0 Å². The number of nitrogens with zero attached hydrogens (tertiary/aromatic N) is 4. The lowest BCUT2D eigenvalue weighted by atomic mass is 10.1. The van der Waals surface area contributed by atoms with Gasteiger partial charge in [0.1, 0.15) is 0 Å². The molecule has 0 radical (unpaired) electrons. The summed E-state index contributed by atoms with van der Waals surface area (Å²) < 4.78 is 0.984. The van der Waals surface area contributed by atoms with Crippen molar-refractivity contribution >= 4 is 22.7 Å². The summed E-state index contributed by atoms with van der Waals surface area (Å²) in [5, 5.41) is 0. The predicted octanol–water partition coefficient (Wildman–Crippen LogP) is 2.80. The van der Waals surface area contributed by atoms with Crippen LogP contribution in [0, 0.1) is 13.8 Å². The normalized spacial score (nSPS) is 16.7. The zero-order valence-corrected chi connectivity index (χ0v) is 20.1. The topological polar surface area (TPSA) is 61.8 Å². The first-order valence-electron chi connectivity index (χ1n) is 11.4. The largest absolute Gasteiger partial charge is 0.399 e. The highest BCUT2D eigenvalue weighted by molar-refractivity contribution is 5.60. The van der Waals surface area contributed by atoms with Crippen LogP contribution in [0.15, 0.2) is 36.4 Å². The second kappa shape index (κ2) is 9.79. The lowest BCUT2D eigenvalue weighted by Crippen LogP contribution is -2.45. The van der Waals surface area contributed by atoms with Crippen LogP contribution in [0.25, 0.3) is 0 Å². The van der Waals surface area contributed by atoms with Crippen LogP contribution < -0.4 is 21.3 Å². The molecule has 0 unspecified atom stereocenters. The molecule has 6 nitrogen and oxygen atoms in total. The smallest absolute Gasteiger partial charge is 0.0909 e. The molecule has 0 aromatic heterocycles. The Balaban J connectivity index is 1.83. The van der Waals surface area contributed by atoms with Gasteiger partial charge in [0.15, 0.2) is 0 Å². The Hall–Kier alpha value is -2.44. The number of likely N-dealkylation sites (N-methyl/N-ethyl adjacent to an activating group) is 1. The van der Waals surface area contributed by atoms with E-state index in [2.05, 4.69) is 74.0 Å². The highest BCUT2D eigenvalue weighted by Gasteiger charge is 2.19. The zero-order chi connectivity index (χ0) is 22.6. The molecule has 3 rings (SSSR count). The van der Waals surface area contributed by atoms with E-state index in [0.29, 0.717) is 0 Å². The molecule has 0 atom stereocenters. The number of nitrogen functional groups attached to an aromatic ring is 2. The van der Waals surface area contributed by atoms with Gasteiger partial charge in [0.05, 0.1) is 27.7 Å². The van der Waals surface area contributed by atoms with Crippen molar-refractivity contribution in [3.63, 3.8) is 0 Å². The van der Waals surface area contributed by atoms with Gasteiger partial charge < -0.3 is 25.8 Å². The average molecular weight is 426 g/mol. The Morgan fingerprint density at radius 3 is 1.52 bits per heavy atom. The molecule has 0 bridgehead atoms. The first-order chi connectivity index (χ1) is 14.6. The van der Waals surface area contributed by atoms with E-state index < -0.39 is 0 Å². The third kappa shape index (κ3) is 6.52. The van der Waals surface area contributed by atoms with Gasteiger partial charge in [-0.05, 0) is 61.4 Å². The van der Waals surface area contributed by atoms with Crippen molar-refractivity contribution in [1.82, 2.24) is 4.90 Å². The highest BCUT2D eigenvalue weighted by Crippen LogP contribution is 2.24. The fraction of sp³-hybridized carbons (Fsp3) is 0.520. The van der Waals surface area contributed by atoms with Crippen molar-refractivity contribution in [2.75, 3.05) is 94.8 Å². The maximum absolute atomic E-state index is 6.08. The number of hydrogen-bond acceptors (Lipinski definition) is 5. The van der Waals surface area contributed by atoms with Gasteiger partial charge >= 0.3 is 0 Å². The fourth-order valence-corrected chi connectivity index (χ4v) is 4.00. The number of benzene rings is 2. The van der Waals surface area contributed by atoms with Gasteiger partial charge in [0.2, 0.25) is 0 Å². The molecular weight excluding hydrogens is 384 g/mol. The van der Waals surface area contributed by atoms with Crippen molar-refractivity contribution in [1.29, 1.82) is 0 Å². The molecule has 1 aliphatic rings. The van der Waals surface area contributed by atoms with Crippen LogP contribution in [-0.2, 0) is 0 Å². The molecule has 4 N–H and O–H groups in total. The van der Waals surface area contributed by atoms with E-state index in [1.807, 2.05) is 12.1 Å². The Bertz CT molecular complexity index is 809. The molecular formula is C25H41N6+. The second-order valence-electron chi connectivity index (χ2n) is 9.91. The Morgan fingerprint density at radius 2 is 1.13 bits per heavy atom. The number of aryl methyl sites for hydroxylation is 2. The van der Waals surface area contributed by atoms with Crippen LogP contribution in [-0.4, -0.2) is 82.9 Å². The van der Waals surface area contributed by atoms with Gasteiger partial charge in [-0.15, -0.1) is 0 Å². The summed E-state index contributed by atoms with van der Waals surface area (Å²) >= 11 is 0. The summed E-state index contributed by atoms with van der Waals surface area (Å²) in [5.74, 6) is 0. The fourth-order valence-electron chi connectivity index (χ4n) is 4.00. The molecule has 0 spiro atoms. The summed E-state index contributed by atoms with van der Waals surface area (Å²) in [6.07, 6.45) is 0. The SMILES string of the molecule is Cc1cc(N2CCN(CC[N+](C)(C)C)CCN(c3ccc(N)c(C)c3)CC2)ccc1N. The molecule has 1 saturated heterocycles. The quantitative estimate of drug-likeness (QED) is 0.570. The van der Waals surface area contributed by atoms with Crippen LogP contribution >= 0.6 is 0 Å². The molecule has 1 heterocycles. The average Bonchev–Trinajstić information content (AvgIpc) is 2.81. The monoisotopic (exact) mass is 425 g/mol. The third-order valence-corrected chi connectivity index (χ3v) is 6.34. The van der Waals surface area contributed by atoms with Crippen molar-refractivity contribution in [2.45, 2.75) is 13.8 Å². The number of nitrogens with two attached hydrogens (primary N) is 2. The van der Waals surface area contributed by atoms with Crippen LogP contribution in [0.4, 0.5) is 22.7 Å². The molecule has 2 aromatic rings. The van der Waals surface area contributed by atoms with Gasteiger partial charge in [-0.25, -0.2) is 0 Å². The van der Waals surface area contributed by atoms with Gasteiger partial charge in [-0.1, -0.05) is 0 Å². The minimum atomic E-state index is 0.858. The molecule has 0 aliphatic carbocycles. The Morgan fingerprint density at radius 1 is 0.710 bits per heavy atom. The van der Waals surface area contributed by atoms with Gasteiger partial charge in [-0.3, -0.25) is 4.90 Å². The number of anilines is 4.